The number of nitrogens with zero attached hydrogens (tertiary/aromatic N) is 2. The fourth-order valence-corrected chi connectivity index (χ4v) is 2.25. The maximum Gasteiger partial charge on any atom is 0.121 e. The molecule has 0 fully saturated rings. The molecule has 0 saturated heterocycles. The largest absolute Gasteiger partial charge is 0.494 e. The van der Waals surface area contributed by atoms with E-state index in [0.29, 0.717) is 6.54 Å². The third kappa shape index (κ3) is 3.20. The Morgan fingerprint density at radius 3 is 3.00 bits per heavy atom. The quantitative estimate of drug-likeness (QED) is 0.752. The molecule has 2 aromatic rings. The maximum atomic E-state index is 5.66. The molecule has 0 spiro atoms. The van der Waals surface area contributed by atoms with Crippen molar-refractivity contribution in [1.29, 1.82) is 0 Å². The fraction of sp³-hybridized carbons (Fsp3) is 0.438. The summed E-state index contributed by atoms with van der Waals surface area (Å²) in [4.78, 5) is 4.72. The van der Waals surface area contributed by atoms with Gasteiger partial charge in [0.15, 0.2) is 0 Å². The van der Waals surface area contributed by atoms with Crippen LogP contribution >= 0.6 is 0 Å². The van der Waals surface area contributed by atoms with Crippen LogP contribution in [0, 0.1) is 0 Å². The van der Waals surface area contributed by atoms with Crippen molar-refractivity contribution >= 4 is 11.0 Å². The highest BCUT2D eigenvalue weighted by Crippen LogP contribution is 2.23. The highest BCUT2D eigenvalue weighted by molar-refractivity contribution is 5.78. The molecule has 108 valence electrons. The summed E-state index contributed by atoms with van der Waals surface area (Å²) in [6.07, 6.45) is 4.74. The van der Waals surface area contributed by atoms with Crippen molar-refractivity contribution in [1.82, 2.24) is 9.55 Å². The van der Waals surface area contributed by atoms with Crippen molar-refractivity contribution in [2.45, 2.75) is 32.7 Å². The van der Waals surface area contributed by atoms with Gasteiger partial charge in [-0.1, -0.05) is 13.0 Å². The van der Waals surface area contributed by atoms with Crippen LogP contribution in [0.2, 0.25) is 0 Å². The zero-order valence-corrected chi connectivity index (χ0v) is 12.1. The van der Waals surface area contributed by atoms with Crippen molar-refractivity contribution in [2.24, 2.45) is 5.73 Å². The van der Waals surface area contributed by atoms with Gasteiger partial charge in [-0.3, -0.25) is 0 Å². The first kappa shape index (κ1) is 14.6. The topological polar surface area (TPSA) is 53.1 Å². The third-order valence-electron chi connectivity index (χ3n) is 3.19. The average molecular weight is 273 g/mol. The predicted molar refractivity (Wildman–Crippen MR) is 83.1 cm³/mol. The number of fused-ring (bicyclic) bond motifs is 1. The van der Waals surface area contributed by atoms with E-state index in [4.69, 9.17) is 15.5 Å². The second kappa shape index (κ2) is 7.10. The summed E-state index contributed by atoms with van der Waals surface area (Å²) in [5, 5.41) is 0. The first-order valence-electron chi connectivity index (χ1n) is 7.23. The highest BCUT2D eigenvalue weighted by Gasteiger charge is 2.10. The normalized spacial score (nSPS) is 10.9. The first-order chi connectivity index (χ1) is 9.80. The molecule has 2 rings (SSSR count). The molecule has 1 aromatic carbocycles. The molecule has 1 aromatic heterocycles. The molecule has 0 saturated carbocycles. The molecule has 4 heteroatoms. The average Bonchev–Trinajstić information content (AvgIpc) is 2.80. The van der Waals surface area contributed by atoms with Gasteiger partial charge in [0.1, 0.15) is 11.6 Å². The molecule has 0 radical (unpaired) electrons. The summed E-state index contributed by atoms with van der Waals surface area (Å²) in [5.74, 6) is 1.95. The number of rotatable bonds is 8. The van der Waals surface area contributed by atoms with Crippen LogP contribution in [-0.2, 0) is 13.0 Å². The summed E-state index contributed by atoms with van der Waals surface area (Å²) >= 11 is 0. The monoisotopic (exact) mass is 273 g/mol. The van der Waals surface area contributed by atoms with Crippen LogP contribution in [0.25, 0.3) is 11.0 Å². The number of aryl methyl sites for hydroxylation is 1. The minimum Gasteiger partial charge on any atom is -0.494 e. The van der Waals surface area contributed by atoms with Crippen LogP contribution < -0.4 is 10.5 Å². The Labute approximate surface area is 120 Å². The van der Waals surface area contributed by atoms with Crippen molar-refractivity contribution in [2.75, 3.05) is 13.2 Å². The molecule has 0 aliphatic rings. The Morgan fingerprint density at radius 2 is 2.30 bits per heavy atom. The number of ether oxygens (including phenoxy) is 1. The molecule has 0 aliphatic heterocycles. The molecule has 2 N–H and O–H groups in total. The molecule has 0 bridgehead atoms. The Balaban J connectivity index is 2.35. The lowest BCUT2D eigenvalue weighted by atomic mass is 10.3. The van der Waals surface area contributed by atoms with Crippen LogP contribution in [0.3, 0.4) is 0 Å². The van der Waals surface area contributed by atoms with Gasteiger partial charge in [0.2, 0.25) is 0 Å². The van der Waals surface area contributed by atoms with Crippen LogP contribution in [0.15, 0.2) is 30.9 Å². The van der Waals surface area contributed by atoms with Gasteiger partial charge < -0.3 is 15.0 Å². The van der Waals surface area contributed by atoms with E-state index in [2.05, 4.69) is 24.1 Å². The van der Waals surface area contributed by atoms with E-state index in [9.17, 15) is 0 Å². The lowest BCUT2D eigenvalue weighted by Crippen LogP contribution is -2.06. The summed E-state index contributed by atoms with van der Waals surface area (Å²) in [7, 11) is 0. The summed E-state index contributed by atoms with van der Waals surface area (Å²) in [6.45, 7) is 8.11. The molecule has 1 heterocycles. The van der Waals surface area contributed by atoms with Gasteiger partial charge in [-0.15, -0.1) is 6.58 Å². The zero-order chi connectivity index (χ0) is 14.4. The highest BCUT2D eigenvalue weighted by atomic mass is 16.5. The van der Waals surface area contributed by atoms with Gasteiger partial charge in [0, 0.05) is 19.0 Å². The van der Waals surface area contributed by atoms with Gasteiger partial charge in [0.25, 0.3) is 0 Å². The minimum atomic E-state index is 0.683. The lowest BCUT2D eigenvalue weighted by molar-refractivity contribution is 0.318. The SMILES string of the molecule is C=CCn1c(CCCN)nc2cc(OCCC)ccc21. The molecule has 0 amide bonds. The van der Waals surface area contributed by atoms with Crippen molar-refractivity contribution in [3.63, 3.8) is 0 Å². The molecular formula is C16H23N3O. The van der Waals surface area contributed by atoms with E-state index >= 15 is 0 Å². The Hall–Kier alpha value is -1.81. The second-order valence-corrected chi connectivity index (χ2v) is 4.82. The molecule has 20 heavy (non-hydrogen) atoms. The number of nitrogens with two attached hydrogens (primary N) is 1. The van der Waals surface area contributed by atoms with E-state index in [0.717, 1.165) is 55.0 Å². The number of hydrogen-bond donors (Lipinski definition) is 1. The maximum absolute atomic E-state index is 5.66. The zero-order valence-electron chi connectivity index (χ0n) is 12.1. The van der Waals surface area contributed by atoms with Crippen molar-refractivity contribution in [3.8, 4) is 5.75 Å². The van der Waals surface area contributed by atoms with Gasteiger partial charge in [-0.2, -0.15) is 0 Å². The smallest absolute Gasteiger partial charge is 0.121 e. The van der Waals surface area contributed by atoms with Crippen LogP contribution in [0.1, 0.15) is 25.6 Å². The van der Waals surface area contributed by atoms with E-state index in [-0.39, 0.29) is 0 Å². The molecule has 0 unspecified atom stereocenters. The fourth-order valence-electron chi connectivity index (χ4n) is 2.25. The van der Waals surface area contributed by atoms with Gasteiger partial charge in [0.05, 0.1) is 17.6 Å². The van der Waals surface area contributed by atoms with Crippen LogP contribution in [0.4, 0.5) is 0 Å². The van der Waals surface area contributed by atoms with Crippen molar-refractivity contribution < 1.29 is 4.74 Å². The summed E-state index contributed by atoms with van der Waals surface area (Å²) < 4.78 is 7.86. The number of hydrogen-bond acceptors (Lipinski definition) is 3. The number of aromatic nitrogens is 2. The second-order valence-electron chi connectivity index (χ2n) is 4.82. The summed E-state index contributed by atoms with van der Waals surface area (Å²) in [5.41, 5.74) is 7.70. The van der Waals surface area contributed by atoms with E-state index in [1.54, 1.807) is 0 Å². The van der Waals surface area contributed by atoms with Gasteiger partial charge >= 0.3 is 0 Å². The summed E-state index contributed by atoms with van der Waals surface area (Å²) in [6, 6.07) is 6.09. The first-order valence-corrected chi connectivity index (χ1v) is 7.23. The van der Waals surface area contributed by atoms with E-state index in [1.165, 1.54) is 0 Å². The molecule has 0 atom stereocenters. The number of allylic oxidation sites excluding steroid dienone is 1. The standard InChI is InChI=1S/C16H23N3O/c1-3-10-19-15-8-7-13(20-11-4-2)12-14(15)18-16(19)6-5-9-17/h3,7-8,12H,1,4-6,9-11,17H2,2H3. The van der Waals surface area contributed by atoms with Crippen LogP contribution in [0.5, 0.6) is 5.75 Å². The lowest BCUT2D eigenvalue weighted by Gasteiger charge is -2.06. The molecule has 4 nitrogen and oxygen atoms in total. The van der Waals surface area contributed by atoms with Gasteiger partial charge in [-0.25, -0.2) is 4.98 Å². The predicted octanol–water partition coefficient (Wildman–Crippen LogP) is 2.90. The Bertz CT molecular complexity index is 574. The molecule has 0 aliphatic carbocycles. The number of benzene rings is 1. The Morgan fingerprint density at radius 1 is 1.45 bits per heavy atom. The number of imidazole rings is 1. The van der Waals surface area contributed by atoms with Gasteiger partial charge in [-0.05, 0) is 31.5 Å². The third-order valence-corrected chi connectivity index (χ3v) is 3.19. The van der Waals surface area contributed by atoms with E-state index in [1.807, 2.05) is 18.2 Å². The van der Waals surface area contributed by atoms with Crippen molar-refractivity contribution in [3.05, 3.63) is 36.7 Å². The molecular weight excluding hydrogens is 250 g/mol. The van der Waals surface area contributed by atoms with E-state index < -0.39 is 0 Å². The Kier molecular flexibility index (Phi) is 5.18. The minimum absolute atomic E-state index is 0.683. The van der Waals surface area contributed by atoms with Crippen LogP contribution in [-0.4, -0.2) is 22.7 Å².